The Morgan fingerprint density at radius 1 is 1.35 bits per heavy atom. The second-order valence-electron chi connectivity index (χ2n) is 5.61. The van der Waals surface area contributed by atoms with Gasteiger partial charge in [0, 0.05) is 9.75 Å². The monoisotopic (exact) mass is 349 g/mol. The molecule has 1 atom stereocenters. The Morgan fingerprint density at radius 3 is 2.91 bits per heavy atom. The summed E-state index contributed by atoms with van der Waals surface area (Å²) in [6.45, 7) is 2.07. The number of carbonyl (C=O) groups is 2. The molecule has 4 nitrogen and oxygen atoms in total. The van der Waals surface area contributed by atoms with Crippen LogP contribution in [0.3, 0.4) is 0 Å². The molecule has 0 radical (unpaired) electrons. The third kappa shape index (κ3) is 4.00. The summed E-state index contributed by atoms with van der Waals surface area (Å²) in [5.74, 6) is -0.670. The number of hydrogen-bond donors (Lipinski definition) is 1. The molecule has 1 amide bonds. The van der Waals surface area contributed by atoms with Crippen LogP contribution in [-0.2, 0) is 28.9 Å². The zero-order valence-corrected chi connectivity index (χ0v) is 14.6. The average molecular weight is 349 g/mol. The lowest BCUT2D eigenvalue weighted by molar-refractivity contribution is -0.129. The van der Waals surface area contributed by atoms with Gasteiger partial charge < -0.3 is 10.1 Å². The number of aryl methyl sites for hydroxylation is 2. The van der Waals surface area contributed by atoms with Crippen molar-refractivity contribution in [3.63, 3.8) is 0 Å². The molecule has 2 aromatic heterocycles. The number of esters is 1. The maximum Gasteiger partial charge on any atom is 0.349 e. The molecule has 0 spiro atoms. The number of fused-ring (bicyclic) bond motifs is 1. The number of amides is 1. The van der Waals surface area contributed by atoms with Gasteiger partial charge in [-0.2, -0.15) is 0 Å². The molecular formula is C17H19NO3S2. The van der Waals surface area contributed by atoms with Gasteiger partial charge in [-0.1, -0.05) is 6.07 Å². The Balaban J connectivity index is 1.54. The minimum atomic E-state index is -0.790. The number of thiophene rings is 2. The van der Waals surface area contributed by atoms with Gasteiger partial charge in [0.2, 0.25) is 0 Å². The van der Waals surface area contributed by atoms with Gasteiger partial charge >= 0.3 is 5.97 Å². The maximum atomic E-state index is 12.2. The van der Waals surface area contributed by atoms with E-state index in [-0.39, 0.29) is 5.91 Å². The van der Waals surface area contributed by atoms with Gasteiger partial charge in [0.1, 0.15) is 4.88 Å². The number of carbonyl (C=O) groups excluding carboxylic acids is 2. The van der Waals surface area contributed by atoms with E-state index in [1.807, 2.05) is 23.6 Å². The SMILES string of the molecule is C[C@H](OC(=O)c1cc2c(s1)CCCC2)C(=O)NCc1cccs1. The summed E-state index contributed by atoms with van der Waals surface area (Å²) < 4.78 is 5.31. The fourth-order valence-electron chi connectivity index (χ4n) is 2.59. The Labute approximate surface area is 143 Å². The van der Waals surface area contributed by atoms with Crippen LogP contribution in [-0.4, -0.2) is 18.0 Å². The van der Waals surface area contributed by atoms with Crippen LogP contribution in [0, 0.1) is 0 Å². The molecule has 0 saturated carbocycles. The van der Waals surface area contributed by atoms with E-state index in [1.165, 1.54) is 34.6 Å². The molecular weight excluding hydrogens is 330 g/mol. The van der Waals surface area contributed by atoms with Crippen LogP contribution in [0.4, 0.5) is 0 Å². The summed E-state index contributed by atoms with van der Waals surface area (Å²) in [4.78, 5) is 27.2. The van der Waals surface area contributed by atoms with Crippen molar-refractivity contribution in [3.8, 4) is 0 Å². The Bertz CT molecular complexity index is 667. The second kappa shape index (κ2) is 7.27. The third-order valence-corrected chi connectivity index (χ3v) is 5.96. The van der Waals surface area contributed by atoms with Gasteiger partial charge in [0.05, 0.1) is 6.54 Å². The van der Waals surface area contributed by atoms with E-state index in [0.29, 0.717) is 11.4 Å². The summed E-state index contributed by atoms with van der Waals surface area (Å²) >= 11 is 3.09. The largest absolute Gasteiger partial charge is 0.448 e. The van der Waals surface area contributed by atoms with Crippen molar-refractivity contribution in [3.05, 3.63) is 43.8 Å². The van der Waals surface area contributed by atoms with Crippen LogP contribution in [0.2, 0.25) is 0 Å². The smallest absolute Gasteiger partial charge is 0.349 e. The summed E-state index contributed by atoms with van der Waals surface area (Å²) in [6.07, 6.45) is 3.66. The fraction of sp³-hybridized carbons (Fsp3) is 0.412. The Hall–Kier alpha value is -1.66. The first-order valence-electron chi connectivity index (χ1n) is 7.76. The molecule has 23 heavy (non-hydrogen) atoms. The average Bonchev–Trinajstić information content (AvgIpc) is 3.21. The standard InChI is InChI=1S/C17H19NO3S2/c1-11(16(19)18-10-13-6-4-8-22-13)21-17(20)15-9-12-5-2-3-7-14(12)23-15/h4,6,8-9,11H,2-3,5,7,10H2,1H3,(H,18,19)/t11-/m0/s1. The first-order valence-corrected chi connectivity index (χ1v) is 9.46. The van der Waals surface area contributed by atoms with Crippen molar-refractivity contribution in [2.24, 2.45) is 0 Å². The zero-order valence-electron chi connectivity index (χ0n) is 13.0. The van der Waals surface area contributed by atoms with Crippen LogP contribution in [0.15, 0.2) is 23.6 Å². The lowest BCUT2D eigenvalue weighted by atomic mass is 9.99. The molecule has 1 aliphatic rings. The molecule has 2 aromatic rings. The van der Waals surface area contributed by atoms with E-state index in [2.05, 4.69) is 5.32 Å². The number of rotatable bonds is 5. The van der Waals surface area contributed by atoms with Crippen LogP contribution >= 0.6 is 22.7 Å². The summed E-state index contributed by atoms with van der Waals surface area (Å²) in [5.41, 5.74) is 1.27. The predicted molar refractivity (Wildman–Crippen MR) is 92.0 cm³/mol. The molecule has 0 fully saturated rings. The second-order valence-corrected chi connectivity index (χ2v) is 7.78. The number of nitrogens with one attached hydrogen (secondary N) is 1. The highest BCUT2D eigenvalue weighted by Crippen LogP contribution is 2.30. The molecule has 1 aliphatic carbocycles. The van der Waals surface area contributed by atoms with E-state index in [4.69, 9.17) is 4.74 Å². The Morgan fingerprint density at radius 2 is 2.17 bits per heavy atom. The molecule has 2 heterocycles. The van der Waals surface area contributed by atoms with Crippen molar-refractivity contribution in [2.45, 2.75) is 45.3 Å². The molecule has 0 aromatic carbocycles. The lowest BCUT2D eigenvalue weighted by Crippen LogP contribution is -2.35. The number of ether oxygens (including phenoxy) is 1. The Kier molecular flexibility index (Phi) is 5.13. The summed E-state index contributed by atoms with van der Waals surface area (Å²) in [6, 6.07) is 5.82. The zero-order chi connectivity index (χ0) is 16.2. The summed E-state index contributed by atoms with van der Waals surface area (Å²) in [7, 11) is 0. The quantitative estimate of drug-likeness (QED) is 0.840. The minimum Gasteiger partial charge on any atom is -0.448 e. The summed E-state index contributed by atoms with van der Waals surface area (Å²) in [5, 5.41) is 4.75. The lowest BCUT2D eigenvalue weighted by Gasteiger charge is -2.12. The van der Waals surface area contributed by atoms with Gasteiger partial charge in [-0.25, -0.2) is 4.79 Å². The third-order valence-electron chi connectivity index (χ3n) is 3.87. The maximum absolute atomic E-state index is 12.2. The molecule has 0 bridgehead atoms. The van der Waals surface area contributed by atoms with Gasteiger partial charge in [0.15, 0.2) is 6.10 Å². The van der Waals surface area contributed by atoms with E-state index in [9.17, 15) is 9.59 Å². The van der Waals surface area contributed by atoms with E-state index in [1.54, 1.807) is 18.3 Å². The molecule has 0 unspecified atom stereocenters. The highest BCUT2D eigenvalue weighted by Gasteiger charge is 2.22. The van der Waals surface area contributed by atoms with E-state index in [0.717, 1.165) is 17.7 Å². The normalized spacial score (nSPS) is 14.8. The van der Waals surface area contributed by atoms with Gasteiger partial charge in [-0.15, -0.1) is 22.7 Å². The van der Waals surface area contributed by atoms with Crippen molar-refractivity contribution in [1.82, 2.24) is 5.32 Å². The van der Waals surface area contributed by atoms with Crippen LogP contribution < -0.4 is 5.32 Å². The topological polar surface area (TPSA) is 55.4 Å². The van der Waals surface area contributed by atoms with Crippen LogP contribution in [0.1, 0.15) is 44.8 Å². The van der Waals surface area contributed by atoms with Gasteiger partial charge in [-0.05, 0) is 55.7 Å². The molecule has 0 aliphatic heterocycles. The molecule has 0 saturated heterocycles. The first kappa shape index (κ1) is 16.2. The van der Waals surface area contributed by atoms with E-state index >= 15 is 0 Å². The van der Waals surface area contributed by atoms with Crippen molar-refractivity contribution in [2.75, 3.05) is 0 Å². The van der Waals surface area contributed by atoms with Crippen LogP contribution in [0.5, 0.6) is 0 Å². The highest BCUT2D eigenvalue weighted by atomic mass is 32.1. The molecule has 122 valence electrons. The molecule has 1 N–H and O–H groups in total. The first-order chi connectivity index (χ1) is 11.1. The number of hydrogen-bond acceptors (Lipinski definition) is 5. The molecule has 3 rings (SSSR count). The fourth-order valence-corrected chi connectivity index (χ4v) is 4.38. The molecule has 6 heteroatoms. The predicted octanol–water partition coefficient (Wildman–Crippen LogP) is 3.55. The van der Waals surface area contributed by atoms with Crippen molar-refractivity contribution in [1.29, 1.82) is 0 Å². The van der Waals surface area contributed by atoms with Crippen LogP contribution in [0.25, 0.3) is 0 Å². The van der Waals surface area contributed by atoms with E-state index < -0.39 is 12.1 Å². The highest BCUT2D eigenvalue weighted by molar-refractivity contribution is 7.14. The minimum absolute atomic E-state index is 0.270. The van der Waals surface area contributed by atoms with Gasteiger partial charge in [0.25, 0.3) is 5.91 Å². The van der Waals surface area contributed by atoms with Gasteiger partial charge in [-0.3, -0.25) is 4.79 Å². The van der Waals surface area contributed by atoms with Crippen molar-refractivity contribution < 1.29 is 14.3 Å². The van der Waals surface area contributed by atoms with Crippen molar-refractivity contribution >= 4 is 34.6 Å².